The van der Waals surface area contributed by atoms with Gasteiger partial charge in [0.25, 0.3) is 0 Å². The first-order chi connectivity index (χ1) is 12.1. The number of hydrogen-bond acceptors (Lipinski definition) is 4. The fourth-order valence-electron chi connectivity index (χ4n) is 3.38. The van der Waals surface area contributed by atoms with Gasteiger partial charge in [-0.1, -0.05) is 6.07 Å². The van der Waals surface area contributed by atoms with Crippen LogP contribution in [0.5, 0.6) is 0 Å². The zero-order valence-corrected chi connectivity index (χ0v) is 14.0. The summed E-state index contributed by atoms with van der Waals surface area (Å²) in [5.74, 6) is -0.881. The largest absolute Gasteiger partial charge is 0.481 e. The van der Waals surface area contributed by atoms with E-state index < -0.39 is 5.97 Å². The predicted molar refractivity (Wildman–Crippen MR) is 90.3 cm³/mol. The van der Waals surface area contributed by atoms with Gasteiger partial charge in [-0.2, -0.15) is 0 Å². The number of fused-ring (bicyclic) bond motifs is 1. The van der Waals surface area contributed by atoms with Gasteiger partial charge in [0.05, 0.1) is 6.54 Å². The number of aromatic nitrogens is 3. The highest BCUT2D eigenvalue weighted by atomic mass is 16.4. The number of pyridine rings is 1. The van der Waals surface area contributed by atoms with Crippen LogP contribution in [0.3, 0.4) is 0 Å². The normalized spacial score (nSPS) is 17.8. The molecule has 1 N–H and O–H groups in total. The number of carboxylic acid groups (broad SMARTS) is 1. The topological polar surface area (TPSA) is 96.9 Å². The fraction of sp³-hybridized carbons (Fsp3) is 0.529. The lowest BCUT2D eigenvalue weighted by atomic mass is 9.97. The number of amides is 1. The molecule has 8 nitrogen and oxygen atoms in total. The van der Waals surface area contributed by atoms with Crippen molar-refractivity contribution in [2.75, 3.05) is 6.54 Å². The summed E-state index contributed by atoms with van der Waals surface area (Å²) in [6, 6.07) is 5.28. The van der Waals surface area contributed by atoms with Crippen molar-refractivity contribution in [1.29, 1.82) is 0 Å². The highest BCUT2D eigenvalue weighted by Crippen LogP contribution is 2.21. The fourth-order valence-corrected chi connectivity index (χ4v) is 3.38. The van der Waals surface area contributed by atoms with Crippen molar-refractivity contribution in [3.05, 3.63) is 34.9 Å². The third kappa shape index (κ3) is 3.89. The van der Waals surface area contributed by atoms with Gasteiger partial charge in [-0.05, 0) is 37.8 Å². The van der Waals surface area contributed by atoms with E-state index in [1.165, 1.54) is 9.08 Å². The second kappa shape index (κ2) is 7.50. The van der Waals surface area contributed by atoms with Crippen LogP contribution in [-0.4, -0.2) is 48.7 Å². The van der Waals surface area contributed by atoms with Crippen LogP contribution in [0.25, 0.3) is 5.65 Å². The molecule has 134 valence electrons. The quantitative estimate of drug-likeness (QED) is 0.846. The van der Waals surface area contributed by atoms with Crippen molar-refractivity contribution < 1.29 is 14.7 Å². The van der Waals surface area contributed by atoms with E-state index in [2.05, 4.69) is 5.10 Å². The second-order valence-corrected chi connectivity index (χ2v) is 6.35. The number of aliphatic carboxylic acids is 1. The minimum atomic E-state index is -0.839. The zero-order chi connectivity index (χ0) is 17.8. The van der Waals surface area contributed by atoms with Crippen molar-refractivity contribution in [3.63, 3.8) is 0 Å². The average Bonchev–Trinajstić information content (AvgIpc) is 2.94. The van der Waals surface area contributed by atoms with Crippen LogP contribution in [-0.2, 0) is 16.1 Å². The van der Waals surface area contributed by atoms with E-state index in [0.717, 1.165) is 19.3 Å². The molecular weight excluding hydrogens is 324 g/mol. The van der Waals surface area contributed by atoms with Gasteiger partial charge in [0.15, 0.2) is 5.65 Å². The predicted octanol–water partition coefficient (Wildman–Crippen LogP) is 1.13. The molecule has 1 saturated heterocycles. The summed E-state index contributed by atoms with van der Waals surface area (Å²) in [4.78, 5) is 37.4. The Balaban J connectivity index is 1.64. The highest BCUT2D eigenvalue weighted by molar-refractivity contribution is 5.76. The Morgan fingerprint density at radius 1 is 1.24 bits per heavy atom. The van der Waals surface area contributed by atoms with Gasteiger partial charge >= 0.3 is 11.7 Å². The Morgan fingerprint density at radius 2 is 2.08 bits per heavy atom. The van der Waals surface area contributed by atoms with Crippen molar-refractivity contribution >= 4 is 17.5 Å². The summed E-state index contributed by atoms with van der Waals surface area (Å²) in [6.45, 7) is 0.880. The van der Waals surface area contributed by atoms with Gasteiger partial charge < -0.3 is 10.0 Å². The van der Waals surface area contributed by atoms with Gasteiger partial charge in [-0.15, -0.1) is 5.10 Å². The molecule has 1 aliphatic rings. The number of rotatable bonds is 6. The van der Waals surface area contributed by atoms with Gasteiger partial charge in [0.1, 0.15) is 0 Å². The first-order valence-electron chi connectivity index (χ1n) is 8.62. The molecule has 0 aliphatic carbocycles. The van der Waals surface area contributed by atoms with Crippen molar-refractivity contribution in [1.82, 2.24) is 19.1 Å². The number of hydrogen-bond donors (Lipinski definition) is 1. The molecule has 1 atom stereocenters. The first-order valence-corrected chi connectivity index (χ1v) is 8.62. The van der Waals surface area contributed by atoms with Crippen LogP contribution in [0.4, 0.5) is 0 Å². The highest BCUT2D eigenvalue weighted by Gasteiger charge is 2.26. The van der Waals surface area contributed by atoms with Crippen LogP contribution in [0.1, 0.15) is 38.5 Å². The standard InChI is InChI=1S/C17H22N4O4/c22-15(19-10-3-1-5-13(19)7-8-16(23)24)9-12-21-17(25)20-11-4-2-6-14(20)18-21/h2,4,6,11,13H,1,3,5,7-10,12H2,(H,23,24)/t13-/m0/s1. The molecule has 1 fully saturated rings. The molecule has 0 bridgehead atoms. The maximum Gasteiger partial charge on any atom is 0.350 e. The maximum atomic E-state index is 12.6. The second-order valence-electron chi connectivity index (χ2n) is 6.35. The molecule has 0 saturated carbocycles. The van der Waals surface area contributed by atoms with E-state index in [-0.39, 0.29) is 37.0 Å². The molecule has 0 radical (unpaired) electrons. The number of aryl methyl sites for hydroxylation is 1. The Labute approximate surface area is 144 Å². The van der Waals surface area contributed by atoms with E-state index in [9.17, 15) is 14.4 Å². The average molecular weight is 346 g/mol. The number of piperidine rings is 1. The van der Waals surface area contributed by atoms with E-state index in [0.29, 0.717) is 18.6 Å². The summed E-state index contributed by atoms with van der Waals surface area (Å²) in [5, 5.41) is 13.1. The van der Waals surface area contributed by atoms with Crippen molar-refractivity contribution in [3.8, 4) is 0 Å². The molecule has 2 aromatic rings. The molecular formula is C17H22N4O4. The van der Waals surface area contributed by atoms with Crippen LogP contribution < -0.4 is 5.69 Å². The van der Waals surface area contributed by atoms with Gasteiger partial charge in [0.2, 0.25) is 5.91 Å². The molecule has 2 aromatic heterocycles. The summed E-state index contributed by atoms with van der Waals surface area (Å²) < 4.78 is 2.75. The first kappa shape index (κ1) is 17.2. The monoisotopic (exact) mass is 346 g/mol. The number of carboxylic acids is 1. The molecule has 1 amide bonds. The van der Waals surface area contributed by atoms with Crippen LogP contribution in [0, 0.1) is 0 Å². The molecule has 25 heavy (non-hydrogen) atoms. The Hall–Kier alpha value is -2.64. The van der Waals surface area contributed by atoms with E-state index >= 15 is 0 Å². The number of likely N-dealkylation sites (tertiary alicyclic amines) is 1. The molecule has 0 unspecified atom stereocenters. The SMILES string of the molecule is O=C(O)CC[C@@H]1CCCCN1C(=O)CCn1nc2ccccn2c1=O. The molecule has 3 rings (SSSR count). The maximum absolute atomic E-state index is 12.6. The third-order valence-corrected chi connectivity index (χ3v) is 4.66. The lowest BCUT2D eigenvalue weighted by Gasteiger charge is -2.35. The Morgan fingerprint density at radius 3 is 2.84 bits per heavy atom. The van der Waals surface area contributed by atoms with Crippen LogP contribution in [0.2, 0.25) is 0 Å². The Kier molecular flexibility index (Phi) is 5.16. The van der Waals surface area contributed by atoms with Crippen LogP contribution in [0.15, 0.2) is 29.2 Å². The summed E-state index contributed by atoms with van der Waals surface area (Å²) in [5.41, 5.74) is 0.293. The minimum Gasteiger partial charge on any atom is -0.481 e. The van der Waals surface area contributed by atoms with Crippen molar-refractivity contribution in [2.45, 2.75) is 51.1 Å². The number of nitrogens with zero attached hydrogens (tertiary/aromatic N) is 4. The van der Waals surface area contributed by atoms with Gasteiger partial charge in [0, 0.05) is 31.6 Å². The smallest absolute Gasteiger partial charge is 0.350 e. The molecule has 3 heterocycles. The molecule has 8 heteroatoms. The van der Waals surface area contributed by atoms with Crippen molar-refractivity contribution in [2.24, 2.45) is 0 Å². The van der Waals surface area contributed by atoms with E-state index in [4.69, 9.17) is 5.11 Å². The molecule has 0 spiro atoms. The van der Waals surface area contributed by atoms with Gasteiger partial charge in [-0.3, -0.25) is 14.0 Å². The minimum absolute atomic E-state index is 0.0184. The lowest BCUT2D eigenvalue weighted by molar-refractivity contribution is -0.140. The summed E-state index contributed by atoms with van der Waals surface area (Å²) in [6.07, 6.45) is 5.18. The summed E-state index contributed by atoms with van der Waals surface area (Å²) in [7, 11) is 0. The number of carbonyl (C=O) groups excluding carboxylic acids is 1. The molecule has 1 aliphatic heterocycles. The molecule has 0 aromatic carbocycles. The Bertz CT molecular complexity index is 825. The van der Waals surface area contributed by atoms with Crippen LogP contribution >= 0.6 is 0 Å². The lowest BCUT2D eigenvalue weighted by Crippen LogP contribution is -2.44. The third-order valence-electron chi connectivity index (χ3n) is 4.66. The van der Waals surface area contributed by atoms with E-state index in [1.54, 1.807) is 29.3 Å². The zero-order valence-electron chi connectivity index (χ0n) is 14.0. The summed E-state index contributed by atoms with van der Waals surface area (Å²) >= 11 is 0. The number of carbonyl (C=O) groups is 2. The van der Waals surface area contributed by atoms with Gasteiger partial charge in [-0.25, -0.2) is 9.48 Å². The van der Waals surface area contributed by atoms with E-state index in [1.807, 2.05) is 0 Å².